The summed E-state index contributed by atoms with van der Waals surface area (Å²) in [6.07, 6.45) is 0.505. The van der Waals surface area contributed by atoms with Gasteiger partial charge in [0.25, 0.3) is 0 Å². The van der Waals surface area contributed by atoms with Crippen molar-refractivity contribution >= 4 is 31.5 Å². The summed E-state index contributed by atoms with van der Waals surface area (Å²) in [6, 6.07) is 5.82. The fourth-order valence-corrected chi connectivity index (χ4v) is 5.06. The third kappa shape index (κ3) is 3.92. The van der Waals surface area contributed by atoms with E-state index in [1.807, 2.05) is 0 Å². The van der Waals surface area contributed by atoms with Gasteiger partial charge in [-0.05, 0) is 36.6 Å². The zero-order valence-corrected chi connectivity index (χ0v) is 12.4. The smallest absolute Gasteiger partial charge is 0.229 e. The topological polar surface area (TPSA) is 80.3 Å². The van der Waals surface area contributed by atoms with Crippen molar-refractivity contribution in [1.82, 2.24) is 4.72 Å². The molecule has 0 bridgehead atoms. The minimum atomic E-state index is -3.61. The number of nitrogens with one attached hydrogen (secondary N) is 1. The third-order valence-corrected chi connectivity index (χ3v) is 6.54. The quantitative estimate of drug-likeness (QED) is 0.898. The largest absolute Gasteiger partial charge is 0.240 e. The number of hydrogen-bond acceptors (Lipinski definition) is 4. The highest BCUT2D eigenvalue weighted by atomic mass is 35.5. The fraction of sp³-hybridized carbons (Fsp3) is 0.455. The number of halogens is 1. The van der Waals surface area contributed by atoms with Gasteiger partial charge in [0.2, 0.25) is 10.0 Å². The van der Waals surface area contributed by atoms with E-state index in [-0.39, 0.29) is 28.9 Å². The first-order valence-corrected chi connectivity index (χ1v) is 9.42. The molecule has 1 aliphatic heterocycles. The van der Waals surface area contributed by atoms with E-state index in [2.05, 4.69) is 4.72 Å². The van der Waals surface area contributed by atoms with Gasteiger partial charge in [-0.1, -0.05) is 11.6 Å². The van der Waals surface area contributed by atoms with Gasteiger partial charge in [0.1, 0.15) is 0 Å². The van der Waals surface area contributed by atoms with Crippen LogP contribution in [-0.2, 0) is 19.9 Å². The predicted octanol–water partition coefficient (Wildman–Crippen LogP) is 1.05. The van der Waals surface area contributed by atoms with Gasteiger partial charge in [-0.2, -0.15) is 0 Å². The third-order valence-electron chi connectivity index (χ3n) is 3.01. The Morgan fingerprint density at radius 2 is 1.89 bits per heavy atom. The standard InChI is InChI=1S/C11H14ClNO4S2/c12-10-1-3-11(4-2-10)19(16,17)13-7-9-5-6-18(14,15)8-9/h1-4,9,13H,5-8H2. The highest BCUT2D eigenvalue weighted by Gasteiger charge is 2.28. The second-order valence-corrected chi connectivity index (χ2v) is 9.01. The molecule has 0 saturated carbocycles. The molecular weight excluding hydrogens is 310 g/mol. The van der Waals surface area contributed by atoms with Crippen LogP contribution < -0.4 is 4.72 Å². The lowest BCUT2D eigenvalue weighted by Gasteiger charge is -2.10. The van der Waals surface area contributed by atoms with Gasteiger partial charge >= 0.3 is 0 Å². The monoisotopic (exact) mass is 323 g/mol. The lowest BCUT2D eigenvalue weighted by Crippen LogP contribution is -2.29. The number of hydrogen-bond donors (Lipinski definition) is 1. The summed E-state index contributed by atoms with van der Waals surface area (Å²) >= 11 is 5.69. The van der Waals surface area contributed by atoms with Gasteiger partial charge in [-0.3, -0.25) is 0 Å². The highest BCUT2D eigenvalue weighted by Crippen LogP contribution is 2.19. The average molecular weight is 324 g/mol. The van der Waals surface area contributed by atoms with Crippen LogP contribution in [0.4, 0.5) is 0 Å². The molecule has 19 heavy (non-hydrogen) atoms. The molecule has 1 unspecified atom stereocenters. The van der Waals surface area contributed by atoms with E-state index in [1.165, 1.54) is 24.3 Å². The lowest BCUT2D eigenvalue weighted by molar-refractivity contribution is 0.543. The van der Waals surface area contributed by atoms with E-state index in [0.717, 1.165) is 0 Å². The van der Waals surface area contributed by atoms with Crippen molar-refractivity contribution in [2.75, 3.05) is 18.1 Å². The van der Waals surface area contributed by atoms with Crippen molar-refractivity contribution in [3.63, 3.8) is 0 Å². The normalized spacial score (nSPS) is 22.5. The van der Waals surface area contributed by atoms with Crippen LogP contribution in [0.1, 0.15) is 6.42 Å². The Labute approximate surface area is 117 Å². The van der Waals surface area contributed by atoms with Gasteiger partial charge in [-0.15, -0.1) is 0 Å². The van der Waals surface area contributed by atoms with Gasteiger partial charge in [0.15, 0.2) is 9.84 Å². The van der Waals surface area contributed by atoms with E-state index >= 15 is 0 Å². The van der Waals surface area contributed by atoms with Crippen molar-refractivity contribution in [1.29, 1.82) is 0 Å². The second kappa shape index (κ2) is 5.40. The average Bonchev–Trinajstić information content (AvgIpc) is 2.67. The molecule has 0 spiro atoms. The van der Waals surface area contributed by atoms with Crippen LogP contribution in [0.25, 0.3) is 0 Å². The minimum Gasteiger partial charge on any atom is -0.229 e. The van der Waals surface area contributed by atoms with Crippen LogP contribution in [-0.4, -0.2) is 34.9 Å². The summed E-state index contributed by atoms with van der Waals surface area (Å²) < 4.78 is 48.9. The summed E-state index contributed by atoms with van der Waals surface area (Å²) in [5.41, 5.74) is 0. The number of rotatable bonds is 4. The molecular formula is C11H14ClNO4S2. The summed E-state index contributed by atoms with van der Waals surface area (Å²) in [5.74, 6) is 0.0447. The van der Waals surface area contributed by atoms with E-state index in [1.54, 1.807) is 0 Å². The zero-order chi connectivity index (χ0) is 14.1. The van der Waals surface area contributed by atoms with Crippen molar-refractivity contribution in [3.05, 3.63) is 29.3 Å². The van der Waals surface area contributed by atoms with Gasteiger partial charge in [-0.25, -0.2) is 21.6 Å². The van der Waals surface area contributed by atoms with E-state index in [0.29, 0.717) is 11.4 Å². The summed E-state index contributed by atoms with van der Waals surface area (Å²) in [4.78, 5) is 0.123. The second-order valence-electron chi connectivity index (χ2n) is 4.57. The van der Waals surface area contributed by atoms with E-state index < -0.39 is 19.9 Å². The molecule has 5 nitrogen and oxygen atoms in total. The highest BCUT2D eigenvalue weighted by molar-refractivity contribution is 7.91. The Morgan fingerprint density at radius 1 is 1.26 bits per heavy atom. The molecule has 0 aliphatic carbocycles. The molecule has 1 aromatic rings. The van der Waals surface area contributed by atoms with Crippen molar-refractivity contribution in [2.45, 2.75) is 11.3 Å². The summed E-state index contributed by atoms with van der Waals surface area (Å²) in [6.45, 7) is 0.143. The van der Waals surface area contributed by atoms with Crippen LogP contribution >= 0.6 is 11.6 Å². The molecule has 106 valence electrons. The Morgan fingerprint density at radius 3 is 2.42 bits per heavy atom. The first kappa shape index (κ1) is 14.8. The van der Waals surface area contributed by atoms with Crippen LogP contribution in [0.15, 0.2) is 29.2 Å². The molecule has 1 N–H and O–H groups in total. The molecule has 1 atom stereocenters. The Balaban J connectivity index is 2.01. The maximum absolute atomic E-state index is 12.0. The number of benzene rings is 1. The Kier molecular flexibility index (Phi) is 4.20. The first-order valence-electron chi connectivity index (χ1n) is 5.74. The lowest BCUT2D eigenvalue weighted by atomic mass is 10.1. The molecule has 8 heteroatoms. The van der Waals surface area contributed by atoms with E-state index in [4.69, 9.17) is 11.6 Å². The van der Waals surface area contributed by atoms with Gasteiger partial charge < -0.3 is 0 Å². The molecule has 0 amide bonds. The molecule has 2 rings (SSSR count). The van der Waals surface area contributed by atoms with Crippen molar-refractivity contribution in [3.8, 4) is 0 Å². The molecule has 1 aromatic carbocycles. The predicted molar refractivity (Wildman–Crippen MR) is 73.4 cm³/mol. The molecule has 0 aromatic heterocycles. The molecule has 0 radical (unpaired) electrons. The van der Waals surface area contributed by atoms with Crippen LogP contribution in [0.2, 0.25) is 5.02 Å². The summed E-state index contributed by atoms with van der Waals surface area (Å²) in [5, 5.41) is 0.459. The van der Waals surface area contributed by atoms with Gasteiger partial charge in [0.05, 0.1) is 16.4 Å². The molecule has 1 fully saturated rings. The zero-order valence-electron chi connectivity index (χ0n) is 10.0. The van der Waals surface area contributed by atoms with Crippen LogP contribution in [0.5, 0.6) is 0 Å². The van der Waals surface area contributed by atoms with Crippen molar-refractivity contribution < 1.29 is 16.8 Å². The van der Waals surface area contributed by atoms with Crippen molar-refractivity contribution in [2.24, 2.45) is 5.92 Å². The molecule has 1 aliphatic rings. The maximum atomic E-state index is 12.0. The van der Waals surface area contributed by atoms with Crippen LogP contribution in [0, 0.1) is 5.92 Å². The Hall–Kier alpha value is -0.630. The first-order chi connectivity index (χ1) is 8.78. The van der Waals surface area contributed by atoms with E-state index in [9.17, 15) is 16.8 Å². The van der Waals surface area contributed by atoms with Crippen LogP contribution in [0.3, 0.4) is 0 Å². The number of sulfone groups is 1. The summed E-state index contributed by atoms with van der Waals surface area (Å²) in [7, 11) is -6.59. The van der Waals surface area contributed by atoms with Gasteiger partial charge in [0, 0.05) is 11.6 Å². The minimum absolute atomic E-state index is 0.0517. The Bertz CT molecular complexity index is 652. The SMILES string of the molecule is O=S1(=O)CCC(CNS(=O)(=O)c2ccc(Cl)cc2)C1. The molecule has 1 saturated heterocycles. The fourth-order valence-electron chi connectivity index (χ4n) is 1.96. The number of sulfonamides is 1. The molecule has 1 heterocycles. The maximum Gasteiger partial charge on any atom is 0.240 e.